The number of piperidine rings is 2. The van der Waals surface area contributed by atoms with Crippen LogP contribution in [-0.4, -0.2) is 71.3 Å². The number of primary amides is 1. The van der Waals surface area contributed by atoms with E-state index in [0.717, 1.165) is 30.9 Å². The number of aromatic nitrogens is 1. The fraction of sp³-hybridized carbons (Fsp3) is 0.696. The van der Waals surface area contributed by atoms with Gasteiger partial charge in [0, 0.05) is 23.9 Å². The van der Waals surface area contributed by atoms with E-state index in [1.807, 2.05) is 20.8 Å². The first-order valence-electron chi connectivity index (χ1n) is 12.0. The number of rotatable bonds is 8. The molecule has 2 aliphatic rings. The summed E-state index contributed by atoms with van der Waals surface area (Å²) >= 11 is 1.37. The van der Waals surface area contributed by atoms with Gasteiger partial charge in [-0.15, -0.1) is 11.3 Å². The van der Waals surface area contributed by atoms with Gasteiger partial charge in [0.05, 0.1) is 5.01 Å². The van der Waals surface area contributed by atoms with Gasteiger partial charge in [-0.05, 0) is 58.0 Å². The lowest BCUT2D eigenvalue weighted by molar-refractivity contribution is -0.132. The van der Waals surface area contributed by atoms with Crippen molar-refractivity contribution in [2.45, 2.75) is 71.0 Å². The van der Waals surface area contributed by atoms with Crippen LogP contribution in [0.25, 0.3) is 0 Å². The van der Waals surface area contributed by atoms with Gasteiger partial charge in [0.15, 0.2) is 0 Å². The highest BCUT2D eigenvalue weighted by atomic mass is 32.1. The Morgan fingerprint density at radius 3 is 2.50 bits per heavy atom. The minimum absolute atomic E-state index is 0.00428. The summed E-state index contributed by atoms with van der Waals surface area (Å²) in [6.07, 6.45) is 2.78. The van der Waals surface area contributed by atoms with Gasteiger partial charge in [-0.2, -0.15) is 0 Å². The third-order valence-corrected chi connectivity index (χ3v) is 7.20. The maximum Gasteiger partial charge on any atom is 0.274 e. The van der Waals surface area contributed by atoms with Crippen molar-refractivity contribution in [1.29, 1.82) is 0 Å². The molecule has 0 radical (unpaired) electrons. The predicted octanol–water partition coefficient (Wildman–Crippen LogP) is 0.557. The normalized spacial score (nSPS) is 22.3. The highest BCUT2D eigenvalue weighted by Gasteiger charge is 2.39. The van der Waals surface area contributed by atoms with Crippen LogP contribution in [0.1, 0.15) is 61.4 Å². The molecule has 10 nitrogen and oxygen atoms in total. The van der Waals surface area contributed by atoms with E-state index in [1.165, 1.54) is 16.2 Å². The van der Waals surface area contributed by atoms with Gasteiger partial charge in [0.1, 0.15) is 17.8 Å². The van der Waals surface area contributed by atoms with Crippen LogP contribution in [0.2, 0.25) is 0 Å². The molecule has 5 N–H and O–H groups in total. The quantitative estimate of drug-likeness (QED) is 0.417. The summed E-state index contributed by atoms with van der Waals surface area (Å²) < 4.78 is 0. The molecule has 3 rings (SSSR count). The average molecular weight is 493 g/mol. The molecular weight excluding hydrogens is 456 g/mol. The Labute approximate surface area is 204 Å². The van der Waals surface area contributed by atoms with Crippen LogP contribution in [0.4, 0.5) is 0 Å². The highest BCUT2D eigenvalue weighted by Crippen LogP contribution is 2.23. The summed E-state index contributed by atoms with van der Waals surface area (Å²) in [6, 6.07) is -1.90. The second-order valence-electron chi connectivity index (χ2n) is 9.61. The van der Waals surface area contributed by atoms with Gasteiger partial charge in [0.2, 0.25) is 17.7 Å². The van der Waals surface area contributed by atoms with Crippen molar-refractivity contribution in [3.63, 3.8) is 0 Å². The van der Waals surface area contributed by atoms with E-state index in [2.05, 4.69) is 20.9 Å². The average Bonchev–Trinajstić information content (AvgIpc) is 3.24. The fourth-order valence-electron chi connectivity index (χ4n) is 4.59. The predicted molar refractivity (Wildman–Crippen MR) is 129 cm³/mol. The first-order chi connectivity index (χ1) is 16.2. The van der Waals surface area contributed by atoms with Crippen LogP contribution in [0, 0.1) is 18.8 Å². The summed E-state index contributed by atoms with van der Waals surface area (Å²) in [5.41, 5.74) is 5.82. The number of likely N-dealkylation sites (tertiary alicyclic amines) is 1. The number of carbonyl (C=O) groups is 4. The zero-order chi connectivity index (χ0) is 24.8. The second-order valence-corrected chi connectivity index (χ2v) is 10.7. The number of nitrogens with zero attached hydrogens (tertiary/aromatic N) is 2. The smallest absolute Gasteiger partial charge is 0.274 e. The lowest BCUT2D eigenvalue weighted by Gasteiger charge is -2.39. The van der Waals surface area contributed by atoms with E-state index < -0.39 is 23.9 Å². The Kier molecular flexibility index (Phi) is 9.01. The maximum atomic E-state index is 13.3. The Morgan fingerprint density at radius 2 is 1.91 bits per heavy atom. The number of thiazole rings is 1. The van der Waals surface area contributed by atoms with Crippen molar-refractivity contribution in [3.8, 4) is 0 Å². The molecule has 0 unspecified atom stereocenters. The molecular formula is C23H36N6O4S. The van der Waals surface area contributed by atoms with Crippen molar-refractivity contribution < 1.29 is 19.2 Å². The van der Waals surface area contributed by atoms with Gasteiger partial charge in [-0.25, -0.2) is 4.98 Å². The summed E-state index contributed by atoms with van der Waals surface area (Å²) in [6.45, 7) is 7.62. The SMILES string of the molecule is Cc1nc(C(=O)N2CC[C@H](NC(=O)C3CCNCC3)C[C@H]2C(=O)N[C@H](CC(C)C)C(N)=O)cs1. The van der Waals surface area contributed by atoms with Crippen LogP contribution in [0.3, 0.4) is 0 Å². The van der Waals surface area contributed by atoms with Crippen LogP contribution < -0.4 is 21.7 Å². The number of hydrogen-bond acceptors (Lipinski definition) is 7. The van der Waals surface area contributed by atoms with E-state index >= 15 is 0 Å². The monoisotopic (exact) mass is 492 g/mol. The zero-order valence-corrected chi connectivity index (χ0v) is 21.0. The number of nitrogens with two attached hydrogens (primary N) is 1. The van der Waals surface area contributed by atoms with E-state index in [1.54, 1.807) is 5.38 Å². The van der Waals surface area contributed by atoms with Crippen molar-refractivity contribution in [2.75, 3.05) is 19.6 Å². The molecule has 0 spiro atoms. The third kappa shape index (κ3) is 6.75. The van der Waals surface area contributed by atoms with Gasteiger partial charge >= 0.3 is 0 Å². The molecule has 0 aromatic carbocycles. The molecule has 11 heteroatoms. The summed E-state index contributed by atoms with van der Waals surface area (Å²) in [4.78, 5) is 57.0. The van der Waals surface area contributed by atoms with Crippen molar-refractivity contribution in [3.05, 3.63) is 16.1 Å². The molecule has 2 saturated heterocycles. The lowest BCUT2D eigenvalue weighted by Crippen LogP contribution is -2.60. The molecule has 0 bridgehead atoms. The molecule has 188 valence electrons. The number of carbonyl (C=O) groups excluding carboxylic acids is 4. The van der Waals surface area contributed by atoms with Crippen LogP contribution >= 0.6 is 11.3 Å². The van der Waals surface area contributed by atoms with E-state index in [9.17, 15) is 19.2 Å². The molecule has 4 amide bonds. The van der Waals surface area contributed by atoms with E-state index in [0.29, 0.717) is 25.1 Å². The van der Waals surface area contributed by atoms with Crippen LogP contribution in [0.15, 0.2) is 5.38 Å². The van der Waals surface area contributed by atoms with Gasteiger partial charge in [-0.3, -0.25) is 19.2 Å². The van der Waals surface area contributed by atoms with Gasteiger partial charge in [-0.1, -0.05) is 13.8 Å². The molecule has 2 aliphatic heterocycles. The first kappa shape index (κ1) is 26.1. The number of aryl methyl sites for hydroxylation is 1. The topological polar surface area (TPSA) is 147 Å². The summed E-state index contributed by atoms with van der Waals surface area (Å²) in [7, 11) is 0. The van der Waals surface area contributed by atoms with Crippen molar-refractivity contribution >= 4 is 35.0 Å². The van der Waals surface area contributed by atoms with Crippen LogP contribution in [0.5, 0.6) is 0 Å². The Morgan fingerprint density at radius 1 is 1.21 bits per heavy atom. The van der Waals surface area contributed by atoms with Crippen molar-refractivity contribution in [2.24, 2.45) is 17.6 Å². The summed E-state index contributed by atoms with van der Waals surface area (Å²) in [5.74, 6) is -1.27. The zero-order valence-electron chi connectivity index (χ0n) is 20.1. The van der Waals surface area contributed by atoms with E-state index in [-0.39, 0.29) is 36.1 Å². The highest BCUT2D eigenvalue weighted by molar-refractivity contribution is 7.09. The molecule has 34 heavy (non-hydrogen) atoms. The molecule has 2 fully saturated rings. The minimum atomic E-state index is -0.837. The lowest BCUT2D eigenvalue weighted by atomic mass is 9.92. The first-order valence-corrected chi connectivity index (χ1v) is 12.9. The molecule has 1 aromatic heterocycles. The Hall–Kier alpha value is -2.53. The molecule has 0 saturated carbocycles. The molecule has 3 atom stereocenters. The maximum absolute atomic E-state index is 13.3. The standard InChI is InChI=1S/C23H36N6O4S/c1-13(2)10-17(20(24)30)28-22(32)19-11-16(27-21(31)15-4-7-25-8-5-15)6-9-29(19)23(33)18-12-34-14(3)26-18/h12-13,15-17,19,25H,4-11H2,1-3H3,(H2,24,30)(H,27,31)(H,28,32)/t16-,17+,19-/m0/s1. The Bertz CT molecular complexity index is 898. The van der Waals surface area contributed by atoms with E-state index in [4.69, 9.17) is 5.73 Å². The fourth-order valence-corrected chi connectivity index (χ4v) is 5.17. The number of amides is 4. The van der Waals surface area contributed by atoms with Crippen molar-refractivity contribution in [1.82, 2.24) is 25.8 Å². The molecule has 0 aliphatic carbocycles. The van der Waals surface area contributed by atoms with Crippen LogP contribution in [-0.2, 0) is 14.4 Å². The van der Waals surface area contributed by atoms with Gasteiger partial charge < -0.3 is 26.6 Å². The third-order valence-electron chi connectivity index (χ3n) is 6.43. The molecule has 3 heterocycles. The number of hydrogen-bond donors (Lipinski definition) is 4. The second kappa shape index (κ2) is 11.7. The molecule has 1 aromatic rings. The summed E-state index contributed by atoms with van der Waals surface area (Å²) in [5, 5.41) is 11.5. The largest absolute Gasteiger partial charge is 0.368 e. The Balaban J connectivity index is 1.75. The van der Waals surface area contributed by atoms with Gasteiger partial charge in [0.25, 0.3) is 5.91 Å². The minimum Gasteiger partial charge on any atom is -0.368 e. The number of nitrogens with one attached hydrogen (secondary N) is 3.